The molecule has 1 aliphatic heterocycles. The number of rotatable bonds is 4. The smallest absolute Gasteiger partial charge is 0.305 e. The van der Waals surface area contributed by atoms with Crippen LogP contribution in [-0.4, -0.2) is 48.0 Å². The summed E-state index contributed by atoms with van der Waals surface area (Å²) < 4.78 is 18.6. The first-order valence-electron chi connectivity index (χ1n) is 6.56. The van der Waals surface area contributed by atoms with E-state index in [0.29, 0.717) is 6.54 Å². The Morgan fingerprint density at radius 1 is 1.59 bits per heavy atom. The van der Waals surface area contributed by atoms with E-state index in [0.717, 1.165) is 25.2 Å². The van der Waals surface area contributed by atoms with Gasteiger partial charge in [-0.2, -0.15) is 4.39 Å². The average Bonchev–Trinajstić information content (AvgIpc) is 2.45. The topological polar surface area (TPSA) is 84.7 Å². The van der Waals surface area contributed by atoms with Gasteiger partial charge in [0.25, 0.3) is 5.91 Å². The summed E-state index contributed by atoms with van der Waals surface area (Å²) in [6.45, 7) is 3.75. The third kappa shape index (κ3) is 4.28. The second-order valence-corrected chi connectivity index (χ2v) is 4.80. The van der Waals surface area contributed by atoms with E-state index < -0.39 is 16.4 Å². The largest absolute Gasteiger partial charge is 0.484 e. The van der Waals surface area contributed by atoms with Crippen LogP contribution in [0.25, 0.3) is 0 Å². The quantitative estimate of drug-likeness (QED) is 0.664. The fourth-order valence-electron chi connectivity index (χ4n) is 2.17. The summed E-state index contributed by atoms with van der Waals surface area (Å²) in [5, 5.41) is 13.7. The van der Waals surface area contributed by atoms with Crippen LogP contribution in [0.3, 0.4) is 0 Å². The van der Waals surface area contributed by atoms with Crippen molar-refractivity contribution in [2.45, 2.75) is 13.0 Å². The molecule has 1 aromatic carbocycles. The third-order valence-electron chi connectivity index (χ3n) is 3.30. The van der Waals surface area contributed by atoms with E-state index in [4.69, 9.17) is 4.74 Å². The van der Waals surface area contributed by atoms with Crippen LogP contribution < -0.4 is 10.1 Å². The molecule has 1 aliphatic rings. The van der Waals surface area contributed by atoms with Gasteiger partial charge in [0.2, 0.25) is 5.82 Å². The van der Waals surface area contributed by atoms with Gasteiger partial charge in [-0.15, -0.1) is 12.4 Å². The Labute approximate surface area is 133 Å². The summed E-state index contributed by atoms with van der Waals surface area (Å²) in [6, 6.07) is 3.27. The van der Waals surface area contributed by atoms with Crippen molar-refractivity contribution < 1.29 is 18.8 Å². The van der Waals surface area contributed by atoms with Crippen LogP contribution in [0.15, 0.2) is 18.2 Å². The number of benzene rings is 1. The summed E-state index contributed by atoms with van der Waals surface area (Å²) in [6.07, 6.45) is 0. The Kier molecular flexibility index (Phi) is 6.51. The van der Waals surface area contributed by atoms with E-state index in [2.05, 4.69) is 5.32 Å². The average molecular weight is 334 g/mol. The number of nitrogens with one attached hydrogen (secondary N) is 1. The molecule has 1 atom stereocenters. The molecule has 2 rings (SSSR count). The van der Waals surface area contributed by atoms with Gasteiger partial charge < -0.3 is 15.0 Å². The summed E-state index contributed by atoms with van der Waals surface area (Å²) in [4.78, 5) is 23.4. The molecule has 0 aromatic heterocycles. The first-order valence-corrected chi connectivity index (χ1v) is 6.56. The number of hydrogen-bond donors (Lipinski definition) is 1. The molecule has 0 spiro atoms. The number of piperazine rings is 1. The third-order valence-corrected chi connectivity index (χ3v) is 3.30. The highest BCUT2D eigenvalue weighted by Gasteiger charge is 2.23. The maximum atomic E-state index is 13.4. The standard InChI is InChI=1S/C13H16FN3O4.ClH/c1-9-7-15-4-5-16(9)13(18)8-21-10-2-3-12(17(19)20)11(14)6-10;/h2-3,6,9,15H,4-5,7-8H2,1H3;1H. The predicted octanol–water partition coefficient (Wildman–Crippen LogP) is 1.35. The molecule has 7 nitrogen and oxygen atoms in total. The molecule has 0 saturated carbocycles. The van der Waals surface area contributed by atoms with Gasteiger partial charge in [-0.1, -0.05) is 0 Å². The molecule has 1 aromatic rings. The molecule has 1 saturated heterocycles. The molecule has 1 N–H and O–H groups in total. The normalized spacial score (nSPS) is 17.5. The van der Waals surface area contributed by atoms with Gasteiger partial charge in [0.1, 0.15) is 5.75 Å². The Bertz CT molecular complexity index is 558. The fraction of sp³-hybridized carbons (Fsp3) is 0.462. The van der Waals surface area contributed by atoms with Gasteiger partial charge in [0, 0.05) is 37.8 Å². The van der Waals surface area contributed by atoms with E-state index in [1.54, 1.807) is 4.90 Å². The Morgan fingerprint density at radius 2 is 2.32 bits per heavy atom. The first kappa shape index (κ1) is 18.1. The molecule has 0 radical (unpaired) electrons. The molecular weight excluding hydrogens is 317 g/mol. The van der Waals surface area contributed by atoms with Crippen LogP contribution in [0.4, 0.5) is 10.1 Å². The minimum atomic E-state index is -0.986. The van der Waals surface area contributed by atoms with Gasteiger partial charge in [-0.05, 0) is 13.0 Å². The van der Waals surface area contributed by atoms with E-state index in [1.807, 2.05) is 6.92 Å². The highest BCUT2D eigenvalue weighted by Crippen LogP contribution is 2.22. The molecule has 1 fully saturated rings. The monoisotopic (exact) mass is 333 g/mol. The lowest BCUT2D eigenvalue weighted by atomic mass is 10.2. The van der Waals surface area contributed by atoms with Crippen molar-refractivity contribution >= 4 is 24.0 Å². The molecular formula is C13H17ClFN3O4. The number of carbonyl (C=O) groups is 1. The Balaban J connectivity index is 0.00000242. The number of halogens is 2. The highest BCUT2D eigenvalue weighted by molar-refractivity contribution is 5.85. The zero-order valence-corrected chi connectivity index (χ0v) is 12.8. The zero-order valence-electron chi connectivity index (χ0n) is 12.0. The molecule has 0 bridgehead atoms. The van der Waals surface area contributed by atoms with Crippen molar-refractivity contribution in [1.29, 1.82) is 0 Å². The molecule has 22 heavy (non-hydrogen) atoms. The summed E-state index contributed by atoms with van der Waals surface area (Å²) >= 11 is 0. The first-order chi connectivity index (χ1) is 9.99. The van der Waals surface area contributed by atoms with Crippen molar-refractivity contribution in [2.75, 3.05) is 26.2 Å². The molecule has 1 amide bonds. The molecule has 9 heteroatoms. The van der Waals surface area contributed by atoms with E-state index in [-0.39, 0.29) is 36.7 Å². The number of nitro groups is 1. The van der Waals surface area contributed by atoms with Crippen LogP contribution >= 0.6 is 12.4 Å². The Hall–Kier alpha value is -1.93. The number of nitrogens with zero attached hydrogens (tertiary/aromatic N) is 2. The summed E-state index contributed by atoms with van der Waals surface area (Å²) in [5.41, 5.74) is -0.621. The SMILES string of the molecule is CC1CNCCN1C(=O)COc1ccc([N+](=O)[O-])c(F)c1.Cl. The van der Waals surface area contributed by atoms with Gasteiger partial charge in [0.15, 0.2) is 6.61 Å². The second-order valence-electron chi connectivity index (χ2n) is 4.80. The lowest BCUT2D eigenvalue weighted by Gasteiger charge is -2.33. The number of carbonyl (C=O) groups excluding carboxylic acids is 1. The van der Waals surface area contributed by atoms with Gasteiger partial charge in [0.05, 0.1) is 4.92 Å². The van der Waals surface area contributed by atoms with Crippen LogP contribution in [0.1, 0.15) is 6.92 Å². The lowest BCUT2D eigenvalue weighted by molar-refractivity contribution is -0.387. The molecule has 1 heterocycles. The molecule has 122 valence electrons. The summed E-state index contributed by atoms with van der Waals surface area (Å²) in [5.74, 6) is -1.09. The minimum absolute atomic E-state index is 0. The number of amides is 1. The Morgan fingerprint density at radius 3 is 2.91 bits per heavy atom. The van der Waals surface area contributed by atoms with Crippen molar-refractivity contribution in [1.82, 2.24) is 10.2 Å². The fourth-order valence-corrected chi connectivity index (χ4v) is 2.17. The lowest BCUT2D eigenvalue weighted by Crippen LogP contribution is -2.53. The minimum Gasteiger partial charge on any atom is -0.484 e. The van der Waals surface area contributed by atoms with Crippen molar-refractivity contribution in [2.24, 2.45) is 0 Å². The van der Waals surface area contributed by atoms with Crippen molar-refractivity contribution in [3.05, 3.63) is 34.1 Å². The molecule has 0 aliphatic carbocycles. The second kappa shape index (κ2) is 7.90. The van der Waals surface area contributed by atoms with Gasteiger partial charge in [-0.3, -0.25) is 14.9 Å². The number of ether oxygens (including phenoxy) is 1. The van der Waals surface area contributed by atoms with Crippen LogP contribution in [0.2, 0.25) is 0 Å². The zero-order chi connectivity index (χ0) is 15.4. The molecule has 1 unspecified atom stereocenters. The predicted molar refractivity (Wildman–Crippen MR) is 79.8 cm³/mol. The van der Waals surface area contributed by atoms with Crippen molar-refractivity contribution in [3.8, 4) is 5.75 Å². The highest BCUT2D eigenvalue weighted by atomic mass is 35.5. The summed E-state index contributed by atoms with van der Waals surface area (Å²) in [7, 11) is 0. The van der Waals surface area contributed by atoms with E-state index in [9.17, 15) is 19.3 Å². The van der Waals surface area contributed by atoms with E-state index in [1.165, 1.54) is 6.07 Å². The number of hydrogen-bond acceptors (Lipinski definition) is 5. The van der Waals surface area contributed by atoms with Crippen molar-refractivity contribution in [3.63, 3.8) is 0 Å². The maximum Gasteiger partial charge on any atom is 0.305 e. The van der Waals surface area contributed by atoms with E-state index >= 15 is 0 Å². The van der Waals surface area contributed by atoms with Crippen LogP contribution in [-0.2, 0) is 4.79 Å². The van der Waals surface area contributed by atoms with Gasteiger partial charge in [-0.25, -0.2) is 0 Å². The maximum absolute atomic E-state index is 13.4. The van der Waals surface area contributed by atoms with Crippen LogP contribution in [0.5, 0.6) is 5.75 Å². The number of nitro benzene ring substituents is 1. The van der Waals surface area contributed by atoms with Gasteiger partial charge >= 0.3 is 5.69 Å². The van der Waals surface area contributed by atoms with Crippen LogP contribution in [0, 0.1) is 15.9 Å².